The molecule has 0 aliphatic rings. The van der Waals surface area contributed by atoms with Crippen molar-refractivity contribution in [1.82, 2.24) is 20.0 Å². The average molecular weight is 372 g/mol. The highest BCUT2D eigenvalue weighted by atomic mass is 35.5. The van der Waals surface area contributed by atoms with Gasteiger partial charge < -0.3 is 10.1 Å². The number of anilines is 1. The Kier molecular flexibility index (Phi) is 4.25. The summed E-state index contributed by atoms with van der Waals surface area (Å²) in [6.07, 6.45) is 1.78. The number of thiazole rings is 1. The van der Waals surface area contributed by atoms with Crippen molar-refractivity contribution >= 4 is 39.7 Å². The molecule has 126 valence electrons. The highest BCUT2D eigenvalue weighted by molar-refractivity contribution is 7.15. The van der Waals surface area contributed by atoms with Gasteiger partial charge >= 0.3 is 0 Å². The van der Waals surface area contributed by atoms with Crippen LogP contribution in [0.5, 0.6) is 5.75 Å². The third-order valence-electron chi connectivity index (χ3n) is 3.68. The fourth-order valence-corrected chi connectivity index (χ4v) is 3.33. The number of nitrogens with one attached hydrogen (secondary N) is 1. The second-order valence-corrected chi connectivity index (χ2v) is 7.02. The third-order valence-corrected chi connectivity index (χ3v) is 4.79. The van der Waals surface area contributed by atoms with E-state index in [0.29, 0.717) is 11.0 Å². The van der Waals surface area contributed by atoms with E-state index in [1.165, 1.54) is 11.3 Å². The number of aromatic nitrogens is 4. The number of halogens is 1. The van der Waals surface area contributed by atoms with Gasteiger partial charge in [0.25, 0.3) is 0 Å². The summed E-state index contributed by atoms with van der Waals surface area (Å²) in [5.41, 5.74) is 3.51. The molecule has 2 heterocycles. The minimum Gasteiger partial charge on any atom is -0.497 e. The summed E-state index contributed by atoms with van der Waals surface area (Å²) in [5.74, 6) is 0.801. The third kappa shape index (κ3) is 3.42. The number of hydrogen-bond donors (Lipinski definition) is 1. The van der Waals surface area contributed by atoms with Gasteiger partial charge in [0.1, 0.15) is 16.8 Å². The molecule has 2 aromatic carbocycles. The molecule has 0 aliphatic carbocycles. The molecule has 0 spiro atoms. The van der Waals surface area contributed by atoms with Crippen molar-refractivity contribution in [3.8, 4) is 11.4 Å². The highest BCUT2D eigenvalue weighted by Crippen LogP contribution is 2.21. The predicted octanol–water partition coefficient (Wildman–Crippen LogP) is 4.15. The second kappa shape index (κ2) is 6.70. The quantitative estimate of drug-likeness (QED) is 0.571. The van der Waals surface area contributed by atoms with Gasteiger partial charge in [-0.05, 0) is 42.5 Å². The van der Waals surface area contributed by atoms with Gasteiger partial charge in [-0.1, -0.05) is 11.6 Å². The second-order valence-electron chi connectivity index (χ2n) is 5.32. The largest absolute Gasteiger partial charge is 0.497 e. The normalized spacial score (nSPS) is 11.0. The fourth-order valence-electron chi connectivity index (χ4n) is 2.41. The van der Waals surface area contributed by atoms with E-state index in [-0.39, 0.29) is 0 Å². The SMILES string of the molecule is COc1ccc(-n2nc3ccc(NCc4cnc(Cl)s4)cc3n2)cc1. The van der Waals surface area contributed by atoms with E-state index in [1.807, 2.05) is 42.5 Å². The van der Waals surface area contributed by atoms with Crippen LogP contribution in [0.2, 0.25) is 4.47 Å². The molecule has 0 fully saturated rings. The zero-order valence-electron chi connectivity index (χ0n) is 13.3. The first-order valence-electron chi connectivity index (χ1n) is 7.57. The number of rotatable bonds is 5. The van der Waals surface area contributed by atoms with Crippen molar-refractivity contribution < 1.29 is 4.74 Å². The van der Waals surface area contributed by atoms with Crippen LogP contribution < -0.4 is 10.1 Å². The first-order chi connectivity index (χ1) is 12.2. The molecule has 0 saturated heterocycles. The van der Waals surface area contributed by atoms with E-state index >= 15 is 0 Å². The van der Waals surface area contributed by atoms with Crippen molar-refractivity contribution in [1.29, 1.82) is 0 Å². The summed E-state index contributed by atoms with van der Waals surface area (Å²) in [6, 6.07) is 13.5. The lowest BCUT2D eigenvalue weighted by atomic mass is 10.3. The Morgan fingerprint density at radius 1 is 1.12 bits per heavy atom. The predicted molar refractivity (Wildman–Crippen MR) is 99.9 cm³/mol. The lowest BCUT2D eigenvalue weighted by Gasteiger charge is -2.03. The fraction of sp³-hybridized carbons (Fsp3) is 0.118. The van der Waals surface area contributed by atoms with Gasteiger partial charge in [-0.15, -0.1) is 21.5 Å². The van der Waals surface area contributed by atoms with Crippen LogP contribution in [0.4, 0.5) is 5.69 Å². The van der Waals surface area contributed by atoms with Gasteiger partial charge in [-0.3, -0.25) is 0 Å². The van der Waals surface area contributed by atoms with Gasteiger partial charge in [0.05, 0.1) is 19.3 Å². The topological polar surface area (TPSA) is 64.9 Å². The van der Waals surface area contributed by atoms with Gasteiger partial charge in [-0.2, -0.15) is 4.80 Å². The van der Waals surface area contributed by atoms with Gasteiger partial charge in [0.2, 0.25) is 0 Å². The maximum Gasteiger partial charge on any atom is 0.183 e. The van der Waals surface area contributed by atoms with Crippen molar-refractivity contribution in [3.63, 3.8) is 0 Å². The number of hydrogen-bond acceptors (Lipinski definition) is 6. The van der Waals surface area contributed by atoms with Crippen molar-refractivity contribution in [2.45, 2.75) is 6.54 Å². The van der Waals surface area contributed by atoms with E-state index < -0.39 is 0 Å². The molecule has 1 N–H and O–H groups in total. The molecule has 2 aromatic heterocycles. The molecule has 0 aliphatic heterocycles. The molecule has 0 saturated carbocycles. The average Bonchev–Trinajstić information content (AvgIpc) is 3.25. The van der Waals surface area contributed by atoms with Crippen LogP contribution in [0.25, 0.3) is 16.7 Å². The van der Waals surface area contributed by atoms with Crippen LogP contribution in [-0.2, 0) is 6.54 Å². The lowest BCUT2D eigenvalue weighted by Crippen LogP contribution is -1.98. The van der Waals surface area contributed by atoms with Gasteiger partial charge in [-0.25, -0.2) is 4.98 Å². The molecule has 4 rings (SSSR count). The first kappa shape index (κ1) is 15.9. The Hall–Kier alpha value is -2.64. The van der Waals surface area contributed by atoms with Crippen LogP contribution in [-0.4, -0.2) is 27.1 Å². The molecule has 0 unspecified atom stereocenters. The monoisotopic (exact) mass is 371 g/mol. The van der Waals surface area contributed by atoms with E-state index in [9.17, 15) is 0 Å². The van der Waals surface area contributed by atoms with Crippen LogP contribution in [0.3, 0.4) is 0 Å². The molecule has 4 aromatic rings. The zero-order valence-corrected chi connectivity index (χ0v) is 14.9. The van der Waals surface area contributed by atoms with E-state index in [4.69, 9.17) is 16.3 Å². The summed E-state index contributed by atoms with van der Waals surface area (Å²) < 4.78 is 5.73. The summed E-state index contributed by atoms with van der Waals surface area (Å²) in [6.45, 7) is 0.669. The van der Waals surface area contributed by atoms with Crippen molar-refractivity contribution in [2.75, 3.05) is 12.4 Å². The summed E-state index contributed by atoms with van der Waals surface area (Å²) >= 11 is 7.32. The zero-order chi connectivity index (χ0) is 17.2. The van der Waals surface area contributed by atoms with Gasteiger partial charge in [0, 0.05) is 16.8 Å². The number of methoxy groups -OCH3 is 1. The van der Waals surface area contributed by atoms with Crippen LogP contribution in [0, 0.1) is 0 Å². The number of benzene rings is 2. The standard InChI is InChI=1S/C17H14ClN5OS/c1-24-13-5-3-12(4-6-13)23-21-15-7-2-11(8-16(15)22-23)19-9-14-10-20-17(18)25-14/h2-8,10,19H,9H2,1H3. The molecule has 6 nitrogen and oxygen atoms in total. The molecular formula is C17H14ClN5OS. The Bertz CT molecular complexity index is 1010. The van der Waals surface area contributed by atoms with E-state index in [1.54, 1.807) is 18.1 Å². The molecule has 0 bridgehead atoms. The lowest BCUT2D eigenvalue weighted by molar-refractivity contribution is 0.414. The Morgan fingerprint density at radius 3 is 2.64 bits per heavy atom. The van der Waals surface area contributed by atoms with Crippen molar-refractivity contribution in [2.24, 2.45) is 0 Å². The Labute approximate surface area is 153 Å². The first-order valence-corrected chi connectivity index (χ1v) is 8.76. The summed E-state index contributed by atoms with van der Waals surface area (Å²) in [5, 5.41) is 12.4. The molecule has 0 radical (unpaired) electrons. The van der Waals surface area contributed by atoms with E-state index in [0.717, 1.165) is 33.0 Å². The maximum absolute atomic E-state index is 5.85. The van der Waals surface area contributed by atoms with Gasteiger partial charge in [0.15, 0.2) is 4.47 Å². The number of fused-ring (bicyclic) bond motifs is 1. The Morgan fingerprint density at radius 2 is 1.92 bits per heavy atom. The van der Waals surface area contributed by atoms with Crippen LogP contribution in [0.1, 0.15) is 4.88 Å². The molecular weight excluding hydrogens is 358 g/mol. The molecule has 0 atom stereocenters. The minimum atomic E-state index is 0.551. The summed E-state index contributed by atoms with van der Waals surface area (Å²) in [7, 11) is 1.64. The molecule has 25 heavy (non-hydrogen) atoms. The molecule has 0 amide bonds. The number of ether oxygens (including phenoxy) is 1. The number of nitrogens with zero attached hydrogens (tertiary/aromatic N) is 4. The minimum absolute atomic E-state index is 0.551. The Balaban J connectivity index is 1.56. The summed E-state index contributed by atoms with van der Waals surface area (Å²) in [4.78, 5) is 6.74. The smallest absolute Gasteiger partial charge is 0.183 e. The van der Waals surface area contributed by atoms with Crippen molar-refractivity contribution in [3.05, 3.63) is 58.0 Å². The van der Waals surface area contributed by atoms with Crippen LogP contribution >= 0.6 is 22.9 Å². The van der Waals surface area contributed by atoms with E-state index in [2.05, 4.69) is 20.5 Å². The highest BCUT2D eigenvalue weighted by Gasteiger charge is 2.06. The van der Waals surface area contributed by atoms with Crippen LogP contribution in [0.15, 0.2) is 48.7 Å². The maximum atomic E-state index is 5.85. The molecule has 8 heteroatoms.